The third-order valence-electron chi connectivity index (χ3n) is 5.93. The maximum absolute atomic E-state index is 2.29. The molecule has 0 unspecified atom stereocenters. The maximum Gasteiger partial charge on any atom is 0.0205 e. The van der Waals surface area contributed by atoms with Gasteiger partial charge >= 0.3 is 0 Å². The summed E-state index contributed by atoms with van der Waals surface area (Å²) in [5.41, 5.74) is 4.01. The number of benzene rings is 5. The first-order chi connectivity index (χ1) is 14.3. The summed E-state index contributed by atoms with van der Waals surface area (Å²) in [6.07, 6.45) is 0. The van der Waals surface area contributed by atoms with Crippen LogP contribution in [-0.2, 0) is 0 Å². The van der Waals surface area contributed by atoms with Crippen molar-refractivity contribution in [1.82, 2.24) is 0 Å². The van der Waals surface area contributed by atoms with E-state index in [1.165, 1.54) is 44.2 Å². The molecule has 0 fully saturated rings. The second-order valence-corrected chi connectivity index (χ2v) is 7.62. The summed E-state index contributed by atoms with van der Waals surface area (Å²) >= 11 is 0. The molecule has 5 aromatic carbocycles. The fraction of sp³-hybridized carbons (Fsp3) is 0.0690. The first-order valence-corrected chi connectivity index (χ1v) is 10.2. The molecule has 0 N–H and O–H groups in total. The van der Waals surface area contributed by atoms with Gasteiger partial charge in [0.2, 0.25) is 0 Å². The second-order valence-electron chi connectivity index (χ2n) is 7.62. The molecule has 0 aliphatic carbocycles. The minimum Gasteiger partial charge on any atom is -0.0622 e. The highest BCUT2D eigenvalue weighted by atomic mass is 14.3. The van der Waals surface area contributed by atoms with E-state index in [1.807, 2.05) is 0 Å². The number of rotatable bonds is 4. The fourth-order valence-corrected chi connectivity index (χ4v) is 4.51. The van der Waals surface area contributed by atoms with Crippen LogP contribution in [0.25, 0.3) is 21.5 Å². The van der Waals surface area contributed by atoms with E-state index in [9.17, 15) is 0 Å². The van der Waals surface area contributed by atoms with Crippen LogP contribution in [0, 0.1) is 5.92 Å². The Hall–Kier alpha value is -3.38. The molecule has 0 aliphatic heterocycles. The highest BCUT2D eigenvalue weighted by molar-refractivity contribution is 5.91. The molecule has 0 amide bonds. The predicted octanol–water partition coefficient (Wildman–Crippen LogP) is 7.77. The largest absolute Gasteiger partial charge is 0.0622 e. The van der Waals surface area contributed by atoms with Crippen LogP contribution in [0.5, 0.6) is 0 Å². The summed E-state index contributed by atoms with van der Waals surface area (Å²) < 4.78 is 0. The average Bonchev–Trinajstić information content (AvgIpc) is 2.80. The average molecular weight is 372 g/mol. The van der Waals surface area contributed by atoms with Crippen LogP contribution < -0.4 is 0 Å². The Labute approximate surface area is 172 Å². The van der Waals surface area contributed by atoms with Crippen LogP contribution in [0.2, 0.25) is 0 Å². The SMILES string of the molecule is C[C](c1ccccc1)C(c1cccc2ccccc12)c1cccc2ccccc12. The summed E-state index contributed by atoms with van der Waals surface area (Å²) in [5.74, 6) is 1.56. The monoisotopic (exact) mass is 371 g/mol. The smallest absolute Gasteiger partial charge is 0.0205 e. The van der Waals surface area contributed by atoms with E-state index in [0.717, 1.165) is 0 Å². The molecule has 0 saturated heterocycles. The minimum atomic E-state index is 0.189. The van der Waals surface area contributed by atoms with Gasteiger partial charge in [-0.1, -0.05) is 122 Å². The van der Waals surface area contributed by atoms with E-state index in [1.54, 1.807) is 0 Å². The van der Waals surface area contributed by atoms with Crippen LogP contribution in [0.15, 0.2) is 115 Å². The van der Waals surface area contributed by atoms with E-state index in [0.29, 0.717) is 0 Å². The lowest BCUT2D eigenvalue weighted by atomic mass is 9.75. The molecule has 0 aliphatic rings. The van der Waals surface area contributed by atoms with Crippen molar-refractivity contribution in [2.75, 3.05) is 0 Å². The molecular formula is C29H23. The lowest BCUT2D eigenvalue weighted by molar-refractivity contribution is 0.859. The molecule has 1 radical (unpaired) electrons. The molecule has 0 aromatic heterocycles. The summed E-state index contributed by atoms with van der Waals surface area (Å²) in [7, 11) is 0. The van der Waals surface area contributed by atoms with Gasteiger partial charge in [0.05, 0.1) is 0 Å². The van der Waals surface area contributed by atoms with Crippen LogP contribution in [0.1, 0.15) is 29.5 Å². The van der Waals surface area contributed by atoms with Gasteiger partial charge in [0.1, 0.15) is 0 Å². The number of hydrogen-bond donors (Lipinski definition) is 0. The van der Waals surface area contributed by atoms with Gasteiger partial charge in [-0.2, -0.15) is 0 Å². The normalized spacial score (nSPS) is 11.6. The molecule has 5 rings (SSSR count). The van der Waals surface area contributed by atoms with E-state index >= 15 is 0 Å². The first kappa shape index (κ1) is 17.7. The Kier molecular flexibility index (Phi) is 4.62. The third-order valence-corrected chi connectivity index (χ3v) is 5.93. The molecule has 0 nitrogen and oxygen atoms in total. The van der Waals surface area contributed by atoms with Crippen LogP contribution in [0.3, 0.4) is 0 Å². The number of fused-ring (bicyclic) bond motifs is 2. The van der Waals surface area contributed by atoms with Gasteiger partial charge in [-0.25, -0.2) is 0 Å². The van der Waals surface area contributed by atoms with Crippen molar-refractivity contribution in [1.29, 1.82) is 0 Å². The molecule has 0 heteroatoms. The molecule has 0 spiro atoms. The van der Waals surface area contributed by atoms with E-state index in [2.05, 4.69) is 122 Å². The van der Waals surface area contributed by atoms with Crippen molar-refractivity contribution in [2.45, 2.75) is 12.8 Å². The minimum absolute atomic E-state index is 0.189. The fourth-order valence-electron chi connectivity index (χ4n) is 4.51. The molecule has 0 saturated carbocycles. The van der Waals surface area contributed by atoms with Crippen molar-refractivity contribution in [3.63, 3.8) is 0 Å². The van der Waals surface area contributed by atoms with Gasteiger partial charge in [-0.3, -0.25) is 0 Å². The highest BCUT2D eigenvalue weighted by Gasteiger charge is 2.26. The molecular weight excluding hydrogens is 348 g/mol. The zero-order valence-electron chi connectivity index (χ0n) is 16.5. The Bertz CT molecular complexity index is 1180. The van der Waals surface area contributed by atoms with Gasteiger partial charge in [-0.15, -0.1) is 0 Å². The van der Waals surface area contributed by atoms with Crippen molar-refractivity contribution in [2.24, 2.45) is 0 Å². The van der Waals surface area contributed by atoms with Crippen LogP contribution >= 0.6 is 0 Å². The van der Waals surface area contributed by atoms with E-state index in [-0.39, 0.29) is 5.92 Å². The van der Waals surface area contributed by atoms with Crippen LogP contribution in [0.4, 0.5) is 0 Å². The van der Waals surface area contributed by atoms with Gasteiger partial charge in [0.25, 0.3) is 0 Å². The zero-order chi connectivity index (χ0) is 19.6. The van der Waals surface area contributed by atoms with Crippen LogP contribution in [-0.4, -0.2) is 0 Å². The van der Waals surface area contributed by atoms with Crippen molar-refractivity contribution < 1.29 is 0 Å². The van der Waals surface area contributed by atoms with Gasteiger partial charge in [0.15, 0.2) is 0 Å². The van der Waals surface area contributed by atoms with Crippen molar-refractivity contribution in [3.8, 4) is 0 Å². The molecule has 139 valence electrons. The number of hydrogen-bond acceptors (Lipinski definition) is 0. The Balaban J connectivity index is 1.80. The molecule has 29 heavy (non-hydrogen) atoms. The van der Waals surface area contributed by atoms with E-state index < -0.39 is 0 Å². The van der Waals surface area contributed by atoms with Gasteiger partial charge < -0.3 is 0 Å². The Morgan fingerprint density at radius 2 is 0.931 bits per heavy atom. The van der Waals surface area contributed by atoms with E-state index in [4.69, 9.17) is 0 Å². The molecule has 5 aromatic rings. The predicted molar refractivity (Wildman–Crippen MR) is 124 cm³/mol. The molecule has 0 bridgehead atoms. The summed E-state index contributed by atoms with van der Waals surface area (Å²) in [5, 5.41) is 5.22. The highest BCUT2D eigenvalue weighted by Crippen LogP contribution is 2.42. The van der Waals surface area contributed by atoms with Crippen molar-refractivity contribution in [3.05, 3.63) is 138 Å². The maximum atomic E-state index is 2.29. The lowest BCUT2D eigenvalue weighted by Crippen LogP contribution is -2.12. The first-order valence-electron chi connectivity index (χ1n) is 10.2. The topological polar surface area (TPSA) is 0 Å². The Morgan fingerprint density at radius 1 is 0.483 bits per heavy atom. The quantitative estimate of drug-likeness (QED) is 0.303. The summed E-state index contributed by atoms with van der Waals surface area (Å²) in [6.45, 7) is 2.28. The summed E-state index contributed by atoms with van der Waals surface area (Å²) in [4.78, 5) is 0. The lowest BCUT2D eigenvalue weighted by Gasteiger charge is -2.27. The van der Waals surface area contributed by atoms with Crippen molar-refractivity contribution >= 4 is 21.5 Å². The third kappa shape index (κ3) is 3.21. The zero-order valence-corrected chi connectivity index (χ0v) is 16.5. The molecule has 0 atom stereocenters. The Morgan fingerprint density at radius 3 is 1.48 bits per heavy atom. The van der Waals surface area contributed by atoms with Gasteiger partial charge in [0, 0.05) is 11.8 Å². The molecule has 0 heterocycles. The standard InChI is InChI=1S/C29H23/c1-21(22-11-3-2-4-12-22)29(27-19-9-15-23-13-5-7-17-25(23)27)28-20-10-16-24-14-6-8-18-26(24)28/h2-20,29H,1H3. The summed E-state index contributed by atoms with van der Waals surface area (Å²) in [6, 6.07) is 41.6. The second kappa shape index (κ2) is 7.56. The van der Waals surface area contributed by atoms with Gasteiger partial charge in [-0.05, 0) is 38.2 Å².